The van der Waals surface area contributed by atoms with Crippen LogP contribution in [0.1, 0.15) is 27.7 Å². The molecular weight excluding hydrogens is 372 g/mol. The molecule has 0 aromatic rings. The Hall–Kier alpha value is -2.10. The van der Waals surface area contributed by atoms with Crippen LogP contribution in [-0.2, 0) is 38.1 Å². The molecule has 1 N–H and O–H groups in total. The fourth-order valence-electron chi connectivity index (χ4n) is 5.31. The number of epoxide rings is 1. The van der Waals surface area contributed by atoms with Crippen molar-refractivity contribution >= 4 is 23.5 Å². The molecule has 2 aliphatic heterocycles. The molecule has 2 bridgehead atoms. The molecule has 4 aliphatic rings. The fraction of sp³-hybridized carbons (Fsp3) is 0.684. The second-order valence-electron chi connectivity index (χ2n) is 8.15. The summed E-state index contributed by atoms with van der Waals surface area (Å²) in [6, 6.07) is 0. The monoisotopic (exact) mass is 394 g/mol. The van der Waals surface area contributed by atoms with Crippen molar-refractivity contribution in [3.63, 3.8) is 0 Å². The zero-order chi connectivity index (χ0) is 20.6. The van der Waals surface area contributed by atoms with Gasteiger partial charge in [-0.1, -0.05) is 6.92 Å². The Bertz CT molecular complexity index is 825. The highest BCUT2D eigenvalue weighted by atomic mass is 16.6. The number of hydrogen-bond acceptors (Lipinski definition) is 9. The van der Waals surface area contributed by atoms with E-state index >= 15 is 0 Å². The van der Waals surface area contributed by atoms with Gasteiger partial charge in [-0.05, 0) is 18.6 Å². The van der Waals surface area contributed by atoms with Gasteiger partial charge in [-0.3, -0.25) is 19.2 Å². The van der Waals surface area contributed by atoms with Crippen LogP contribution in [0.4, 0.5) is 0 Å². The summed E-state index contributed by atoms with van der Waals surface area (Å²) < 4.78 is 22.3. The molecule has 9 heteroatoms. The number of Topliss-reactive ketones (excluding diaryl/α,β-unsaturated/α-hetero) is 2. The molecular formula is C19H22O9. The Morgan fingerprint density at radius 3 is 2.46 bits per heavy atom. The lowest BCUT2D eigenvalue weighted by atomic mass is 9.50. The molecule has 2 heterocycles. The summed E-state index contributed by atoms with van der Waals surface area (Å²) >= 11 is 0. The van der Waals surface area contributed by atoms with Crippen molar-refractivity contribution in [1.29, 1.82) is 0 Å². The first-order valence-corrected chi connectivity index (χ1v) is 9.07. The van der Waals surface area contributed by atoms with Crippen molar-refractivity contribution in [3.8, 4) is 0 Å². The van der Waals surface area contributed by atoms with Crippen LogP contribution in [0, 0.1) is 10.8 Å². The van der Waals surface area contributed by atoms with Crippen molar-refractivity contribution in [3.05, 3.63) is 11.6 Å². The number of rotatable bonds is 3. The van der Waals surface area contributed by atoms with E-state index in [9.17, 15) is 24.3 Å². The van der Waals surface area contributed by atoms with Gasteiger partial charge >= 0.3 is 11.9 Å². The van der Waals surface area contributed by atoms with Gasteiger partial charge < -0.3 is 24.1 Å². The molecule has 0 unspecified atom stereocenters. The van der Waals surface area contributed by atoms with Crippen LogP contribution < -0.4 is 0 Å². The maximum atomic E-state index is 13.1. The summed E-state index contributed by atoms with van der Waals surface area (Å²) in [6.45, 7) is 5.28. The van der Waals surface area contributed by atoms with Gasteiger partial charge in [0.1, 0.15) is 18.3 Å². The van der Waals surface area contributed by atoms with Crippen LogP contribution in [0.2, 0.25) is 0 Å². The Labute approximate surface area is 160 Å². The largest absolute Gasteiger partial charge is 0.465 e. The van der Waals surface area contributed by atoms with E-state index in [-0.39, 0.29) is 12.2 Å². The van der Waals surface area contributed by atoms with Crippen molar-refractivity contribution in [1.82, 2.24) is 0 Å². The molecule has 0 radical (unpaired) electrons. The molecule has 7 atom stereocenters. The second-order valence-corrected chi connectivity index (χ2v) is 8.15. The number of aliphatic hydroxyl groups excluding tert-OH is 1. The molecule has 1 saturated carbocycles. The predicted octanol–water partition coefficient (Wildman–Crippen LogP) is -0.517. The third kappa shape index (κ3) is 2.01. The van der Waals surface area contributed by atoms with Crippen molar-refractivity contribution in [2.24, 2.45) is 10.8 Å². The van der Waals surface area contributed by atoms with E-state index in [0.29, 0.717) is 0 Å². The SMILES string of the molecule is CC(=O)OC[C@]12[C@H](O)C(=O)C(C)=C[C@H]1O[C@@H]1C(=O)[C@@H](OC(C)=O)[C@@]2(C)[C@]12CO2. The molecule has 2 aliphatic carbocycles. The molecule has 2 saturated heterocycles. The van der Waals surface area contributed by atoms with Crippen molar-refractivity contribution in [2.45, 2.75) is 57.7 Å². The van der Waals surface area contributed by atoms with Gasteiger partial charge in [0, 0.05) is 13.8 Å². The van der Waals surface area contributed by atoms with Gasteiger partial charge in [-0.2, -0.15) is 0 Å². The average Bonchev–Trinajstić information content (AvgIpc) is 3.39. The minimum atomic E-state index is -1.64. The lowest BCUT2D eigenvalue weighted by molar-refractivity contribution is -0.257. The normalized spacial score (nSPS) is 46.1. The first-order valence-electron chi connectivity index (χ1n) is 9.07. The van der Waals surface area contributed by atoms with Crippen molar-refractivity contribution < 1.29 is 43.2 Å². The molecule has 0 aromatic heterocycles. The van der Waals surface area contributed by atoms with Crippen LogP contribution in [0.15, 0.2) is 11.6 Å². The van der Waals surface area contributed by atoms with Crippen molar-refractivity contribution in [2.75, 3.05) is 13.2 Å². The molecule has 152 valence electrons. The number of ketones is 2. The summed E-state index contributed by atoms with van der Waals surface area (Å²) in [5.41, 5.74) is -3.79. The van der Waals surface area contributed by atoms with E-state index in [0.717, 1.165) is 0 Å². The molecule has 28 heavy (non-hydrogen) atoms. The Balaban J connectivity index is 1.96. The summed E-state index contributed by atoms with van der Waals surface area (Å²) in [5, 5.41) is 11.1. The van der Waals surface area contributed by atoms with Crippen LogP contribution in [-0.4, -0.2) is 71.8 Å². The zero-order valence-corrected chi connectivity index (χ0v) is 16.0. The fourth-order valence-corrected chi connectivity index (χ4v) is 5.31. The third-order valence-electron chi connectivity index (χ3n) is 6.88. The standard InChI is InChI=1S/C19H22O9/c1-8-5-11-18(6-25-9(2)20,14(24)12(8)22)17(4)15(27-10(3)21)13(23)16(28-11)19(17)7-26-19/h5,11,14-16,24H,6-7H2,1-4H3/t11-,14-,15-,16-,17-,18-,19+/m1/s1. The van der Waals surface area contributed by atoms with E-state index in [4.69, 9.17) is 18.9 Å². The Kier molecular flexibility index (Phi) is 3.92. The number of esters is 2. The van der Waals surface area contributed by atoms with Crippen LogP contribution in [0.5, 0.6) is 0 Å². The van der Waals surface area contributed by atoms with Gasteiger partial charge in [0.25, 0.3) is 0 Å². The van der Waals surface area contributed by atoms with E-state index in [1.54, 1.807) is 6.92 Å². The minimum absolute atomic E-state index is 0.135. The molecule has 9 nitrogen and oxygen atoms in total. The first kappa shape index (κ1) is 19.2. The number of ether oxygens (including phenoxy) is 4. The molecule has 3 fully saturated rings. The maximum absolute atomic E-state index is 13.1. The van der Waals surface area contributed by atoms with E-state index in [1.807, 2.05) is 0 Å². The lowest BCUT2D eigenvalue weighted by Gasteiger charge is -2.58. The highest BCUT2D eigenvalue weighted by molar-refractivity contribution is 6.02. The van der Waals surface area contributed by atoms with Gasteiger partial charge in [-0.25, -0.2) is 0 Å². The topological polar surface area (TPSA) is 129 Å². The Morgan fingerprint density at radius 1 is 1.29 bits per heavy atom. The summed E-state index contributed by atoms with van der Waals surface area (Å²) in [7, 11) is 0. The van der Waals surface area contributed by atoms with Gasteiger partial charge in [0.15, 0.2) is 18.0 Å². The number of carbonyl (C=O) groups is 4. The predicted molar refractivity (Wildman–Crippen MR) is 89.8 cm³/mol. The highest BCUT2D eigenvalue weighted by Gasteiger charge is 2.88. The van der Waals surface area contributed by atoms with Crippen LogP contribution in [0.3, 0.4) is 0 Å². The number of aliphatic hydroxyl groups is 1. The smallest absolute Gasteiger partial charge is 0.303 e. The minimum Gasteiger partial charge on any atom is -0.465 e. The molecule has 0 amide bonds. The maximum Gasteiger partial charge on any atom is 0.303 e. The summed E-state index contributed by atoms with van der Waals surface area (Å²) in [6.07, 6.45) is -3.34. The highest BCUT2D eigenvalue weighted by Crippen LogP contribution is 2.70. The van der Waals surface area contributed by atoms with Gasteiger partial charge in [0.2, 0.25) is 5.78 Å². The first-order chi connectivity index (χ1) is 13.0. The zero-order valence-electron chi connectivity index (χ0n) is 16.0. The van der Waals surface area contributed by atoms with Crippen LogP contribution in [0.25, 0.3) is 0 Å². The molecule has 1 spiro atoms. The summed E-state index contributed by atoms with van der Waals surface area (Å²) in [4.78, 5) is 49.2. The molecule has 0 aromatic carbocycles. The quantitative estimate of drug-likeness (QED) is 0.497. The number of fused-ring (bicyclic) bond motifs is 2. The average molecular weight is 394 g/mol. The van der Waals surface area contributed by atoms with E-state index in [2.05, 4.69) is 0 Å². The number of hydrogen-bond donors (Lipinski definition) is 1. The lowest BCUT2D eigenvalue weighted by Crippen LogP contribution is -2.72. The van der Waals surface area contributed by atoms with Gasteiger partial charge in [-0.15, -0.1) is 0 Å². The van der Waals surface area contributed by atoms with E-state index in [1.165, 1.54) is 26.8 Å². The summed E-state index contributed by atoms with van der Waals surface area (Å²) in [5.74, 6) is -2.37. The third-order valence-corrected chi connectivity index (χ3v) is 6.88. The van der Waals surface area contributed by atoms with Crippen LogP contribution >= 0.6 is 0 Å². The van der Waals surface area contributed by atoms with Gasteiger partial charge in [0.05, 0.1) is 23.5 Å². The number of carbonyl (C=O) groups excluding carboxylic acids is 4. The second kappa shape index (κ2) is 5.71. The Morgan fingerprint density at radius 2 is 1.93 bits per heavy atom. The van der Waals surface area contributed by atoms with E-state index < -0.39 is 71.0 Å². The molecule has 4 rings (SSSR count).